The molecule has 2 nitrogen and oxygen atoms in total. The Balaban J connectivity index is 1.80. The van der Waals surface area contributed by atoms with E-state index < -0.39 is 0 Å². The maximum absolute atomic E-state index is 13.5. The van der Waals surface area contributed by atoms with Gasteiger partial charge in [0.15, 0.2) is 0 Å². The predicted octanol–water partition coefficient (Wildman–Crippen LogP) is 3.64. The minimum atomic E-state index is -0.168. The van der Waals surface area contributed by atoms with Crippen molar-refractivity contribution in [2.45, 2.75) is 44.9 Å². The van der Waals surface area contributed by atoms with Gasteiger partial charge >= 0.3 is 0 Å². The zero-order valence-corrected chi connectivity index (χ0v) is 12.4. The van der Waals surface area contributed by atoms with Gasteiger partial charge in [-0.25, -0.2) is 4.39 Å². The van der Waals surface area contributed by atoms with Gasteiger partial charge < -0.3 is 10.1 Å². The first-order valence-electron chi connectivity index (χ1n) is 6.29. The summed E-state index contributed by atoms with van der Waals surface area (Å²) in [5, 5.41) is 3.26. The molecule has 2 rings (SSSR count). The first kappa shape index (κ1) is 14.0. The molecule has 4 heteroatoms. The van der Waals surface area contributed by atoms with Crippen molar-refractivity contribution >= 4 is 15.9 Å². The topological polar surface area (TPSA) is 21.3 Å². The summed E-state index contributed by atoms with van der Waals surface area (Å²) in [5.74, 6) is -0.168. The normalized spacial score (nSPS) is 22.3. The zero-order valence-electron chi connectivity index (χ0n) is 10.8. The van der Waals surface area contributed by atoms with Crippen LogP contribution in [0.4, 0.5) is 4.39 Å². The average Bonchev–Trinajstić information content (AvgIpc) is 2.63. The van der Waals surface area contributed by atoms with Crippen LogP contribution in [0.5, 0.6) is 0 Å². The molecule has 0 radical (unpaired) electrons. The second-order valence-electron chi connectivity index (χ2n) is 5.40. The minimum absolute atomic E-state index is 0.00658. The molecule has 1 aromatic rings. The van der Waals surface area contributed by atoms with Gasteiger partial charge in [0.05, 0.1) is 11.7 Å². The summed E-state index contributed by atoms with van der Waals surface area (Å²) in [6.07, 6.45) is 2.40. The lowest BCUT2D eigenvalue weighted by Gasteiger charge is -2.19. The largest absolute Gasteiger partial charge is 0.371 e. The highest BCUT2D eigenvalue weighted by atomic mass is 79.9. The second kappa shape index (κ2) is 5.68. The molecule has 18 heavy (non-hydrogen) atoms. The first-order chi connectivity index (χ1) is 8.46. The fraction of sp³-hybridized carbons (Fsp3) is 0.571. The van der Waals surface area contributed by atoms with Crippen molar-refractivity contribution in [3.8, 4) is 0 Å². The molecule has 0 bridgehead atoms. The maximum atomic E-state index is 13.5. The second-order valence-corrected chi connectivity index (χ2v) is 6.32. The Bertz CT molecular complexity index is 422. The van der Waals surface area contributed by atoms with Gasteiger partial charge in [-0.15, -0.1) is 0 Å². The lowest BCUT2D eigenvalue weighted by atomic mass is 10.1. The van der Waals surface area contributed by atoms with Gasteiger partial charge in [0.1, 0.15) is 5.82 Å². The number of hydrogen-bond donors (Lipinski definition) is 1. The zero-order chi connectivity index (χ0) is 13.2. The third-order valence-electron chi connectivity index (χ3n) is 3.25. The lowest BCUT2D eigenvalue weighted by molar-refractivity contribution is -0.0143. The molecule has 1 unspecified atom stereocenters. The molecule has 1 aromatic carbocycles. The Hall–Kier alpha value is -0.450. The van der Waals surface area contributed by atoms with Crippen LogP contribution >= 0.6 is 15.9 Å². The molecule has 0 spiro atoms. The van der Waals surface area contributed by atoms with Crippen LogP contribution in [0.2, 0.25) is 0 Å². The van der Waals surface area contributed by atoms with Crippen LogP contribution in [0.1, 0.15) is 32.3 Å². The van der Waals surface area contributed by atoms with Crippen LogP contribution in [0.15, 0.2) is 22.7 Å². The van der Waals surface area contributed by atoms with Crippen LogP contribution in [0, 0.1) is 5.82 Å². The monoisotopic (exact) mass is 315 g/mol. The molecule has 1 aliphatic heterocycles. The van der Waals surface area contributed by atoms with Crippen molar-refractivity contribution in [3.05, 3.63) is 34.1 Å². The molecule has 1 heterocycles. The number of rotatable bonds is 4. The van der Waals surface area contributed by atoms with Gasteiger partial charge in [-0.3, -0.25) is 0 Å². The Morgan fingerprint density at radius 3 is 2.94 bits per heavy atom. The molecular weight excluding hydrogens is 297 g/mol. The van der Waals surface area contributed by atoms with Crippen molar-refractivity contribution in [3.63, 3.8) is 0 Å². The molecule has 1 atom stereocenters. The van der Waals surface area contributed by atoms with E-state index in [0.717, 1.165) is 23.9 Å². The summed E-state index contributed by atoms with van der Waals surface area (Å²) >= 11 is 3.35. The Morgan fingerprint density at radius 2 is 2.28 bits per heavy atom. The van der Waals surface area contributed by atoms with Crippen molar-refractivity contribution in [1.29, 1.82) is 0 Å². The predicted molar refractivity (Wildman–Crippen MR) is 74.0 cm³/mol. The Morgan fingerprint density at radius 1 is 1.50 bits per heavy atom. The van der Waals surface area contributed by atoms with E-state index in [9.17, 15) is 4.39 Å². The van der Waals surface area contributed by atoms with Crippen molar-refractivity contribution < 1.29 is 9.13 Å². The van der Waals surface area contributed by atoms with Crippen LogP contribution in [-0.2, 0) is 11.3 Å². The summed E-state index contributed by atoms with van der Waals surface area (Å²) in [4.78, 5) is 0. The highest BCUT2D eigenvalue weighted by molar-refractivity contribution is 9.10. The molecule has 1 saturated heterocycles. The number of hydrogen-bond acceptors (Lipinski definition) is 2. The SMILES string of the molecule is CC1(C)CCC(CNCc2cc(Br)ccc2F)O1. The number of ether oxygens (including phenoxy) is 1. The van der Waals surface area contributed by atoms with E-state index in [0.29, 0.717) is 12.1 Å². The molecule has 0 aromatic heterocycles. The van der Waals surface area contributed by atoms with Gasteiger partial charge in [0.25, 0.3) is 0 Å². The van der Waals surface area contributed by atoms with E-state index in [1.54, 1.807) is 6.07 Å². The quantitative estimate of drug-likeness (QED) is 0.916. The highest BCUT2D eigenvalue weighted by Gasteiger charge is 2.31. The van der Waals surface area contributed by atoms with E-state index in [-0.39, 0.29) is 17.5 Å². The Labute approximate surface area is 116 Å². The Kier molecular flexibility index (Phi) is 4.41. The van der Waals surface area contributed by atoms with Crippen LogP contribution in [0.3, 0.4) is 0 Å². The van der Waals surface area contributed by atoms with Crippen molar-refractivity contribution in [2.24, 2.45) is 0 Å². The van der Waals surface area contributed by atoms with E-state index in [4.69, 9.17) is 4.74 Å². The molecule has 0 saturated carbocycles. The molecule has 1 aliphatic rings. The smallest absolute Gasteiger partial charge is 0.127 e. The molecule has 0 aliphatic carbocycles. The number of halogens is 2. The van der Waals surface area contributed by atoms with Crippen LogP contribution in [0.25, 0.3) is 0 Å². The van der Waals surface area contributed by atoms with E-state index >= 15 is 0 Å². The fourth-order valence-electron chi connectivity index (χ4n) is 2.27. The maximum Gasteiger partial charge on any atom is 0.127 e. The summed E-state index contributed by atoms with van der Waals surface area (Å²) in [5.41, 5.74) is 0.675. The molecule has 100 valence electrons. The van der Waals surface area contributed by atoms with E-state index in [1.165, 1.54) is 6.07 Å². The van der Waals surface area contributed by atoms with E-state index in [1.807, 2.05) is 6.07 Å². The minimum Gasteiger partial charge on any atom is -0.371 e. The summed E-state index contributed by atoms with van der Waals surface area (Å²) in [6.45, 7) is 5.53. The number of benzene rings is 1. The van der Waals surface area contributed by atoms with Crippen LogP contribution < -0.4 is 5.32 Å². The van der Waals surface area contributed by atoms with Crippen molar-refractivity contribution in [2.75, 3.05) is 6.54 Å². The van der Waals surface area contributed by atoms with Crippen molar-refractivity contribution in [1.82, 2.24) is 5.32 Å². The van der Waals surface area contributed by atoms with Gasteiger partial charge in [0.2, 0.25) is 0 Å². The molecular formula is C14H19BrFNO. The van der Waals surface area contributed by atoms with Gasteiger partial charge in [-0.05, 0) is 44.9 Å². The third kappa shape index (κ3) is 3.77. The average molecular weight is 316 g/mol. The van der Waals surface area contributed by atoms with Gasteiger partial charge in [-0.1, -0.05) is 15.9 Å². The van der Waals surface area contributed by atoms with Gasteiger partial charge in [-0.2, -0.15) is 0 Å². The first-order valence-corrected chi connectivity index (χ1v) is 7.08. The fourth-order valence-corrected chi connectivity index (χ4v) is 2.68. The van der Waals surface area contributed by atoms with Gasteiger partial charge in [0, 0.05) is 23.1 Å². The van der Waals surface area contributed by atoms with E-state index in [2.05, 4.69) is 35.1 Å². The van der Waals surface area contributed by atoms with Crippen LogP contribution in [-0.4, -0.2) is 18.2 Å². The lowest BCUT2D eigenvalue weighted by Crippen LogP contribution is -2.29. The third-order valence-corrected chi connectivity index (χ3v) is 3.74. The molecule has 1 fully saturated rings. The highest BCUT2D eigenvalue weighted by Crippen LogP contribution is 2.28. The molecule has 1 N–H and O–H groups in total. The summed E-state index contributed by atoms with van der Waals surface area (Å²) < 4.78 is 20.3. The standard InChI is InChI=1S/C14H19BrFNO/c1-14(2)6-5-12(18-14)9-17-8-10-7-11(15)3-4-13(10)16/h3-4,7,12,17H,5-6,8-9H2,1-2H3. The molecule has 0 amide bonds. The summed E-state index contributed by atoms with van der Waals surface area (Å²) in [6, 6.07) is 5.00. The summed E-state index contributed by atoms with van der Waals surface area (Å²) in [7, 11) is 0. The number of nitrogens with one attached hydrogen (secondary N) is 1.